The lowest BCUT2D eigenvalue weighted by atomic mass is 10.1. The van der Waals surface area contributed by atoms with E-state index in [0.717, 1.165) is 24.6 Å². The molecule has 192 valence electrons. The zero-order valence-electron chi connectivity index (χ0n) is 20.9. The van der Waals surface area contributed by atoms with Crippen molar-refractivity contribution >= 4 is 35.1 Å². The largest absolute Gasteiger partial charge is 0.870 e. The molecule has 0 fully saturated rings. The fourth-order valence-corrected chi connectivity index (χ4v) is 9.92. The number of aromatic carboxylic acids is 1. The van der Waals surface area contributed by atoms with Crippen molar-refractivity contribution in [2.24, 2.45) is 0 Å². The number of ether oxygens (including phenoxy) is 1. The number of hydrogen-bond acceptors (Lipinski definition) is 4. The van der Waals surface area contributed by atoms with Gasteiger partial charge in [-0.1, -0.05) is 66.7 Å². The molecule has 6 heteroatoms. The number of carboxylic acid groups (broad SMARTS) is 1. The zero-order chi connectivity index (χ0) is 25.7. The van der Waals surface area contributed by atoms with Gasteiger partial charge in [-0.2, -0.15) is 0 Å². The molecule has 1 aliphatic carbocycles. The second-order valence-corrected chi connectivity index (χ2v) is 12.4. The SMILES string of the molecule is O=C(O)c1ccccc1C(=O)OC1=C([P+](c2ccccc2)(c2ccccc2)c2ccccc2)CCCC1.[OH-]. The van der Waals surface area contributed by atoms with Crippen molar-refractivity contribution in [2.45, 2.75) is 25.7 Å². The van der Waals surface area contributed by atoms with Crippen LogP contribution in [0.5, 0.6) is 0 Å². The van der Waals surface area contributed by atoms with Crippen molar-refractivity contribution in [2.75, 3.05) is 0 Å². The molecule has 0 saturated carbocycles. The molecule has 0 atom stereocenters. The Kier molecular flexibility index (Phi) is 8.52. The molecule has 0 radical (unpaired) electrons. The summed E-state index contributed by atoms with van der Waals surface area (Å²) in [6.07, 6.45) is 3.33. The third-order valence-corrected chi connectivity index (χ3v) is 11.3. The van der Waals surface area contributed by atoms with Gasteiger partial charge in [0.2, 0.25) is 0 Å². The van der Waals surface area contributed by atoms with Gasteiger partial charge in [-0.05, 0) is 61.4 Å². The molecule has 0 saturated heterocycles. The Bertz CT molecular complexity index is 1340. The van der Waals surface area contributed by atoms with Gasteiger partial charge >= 0.3 is 11.9 Å². The molecular formula is C32H29O5P. The van der Waals surface area contributed by atoms with Gasteiger partial charge < -0.3 is 15.3 Å². The monoisotopic (exact) mass is 524 g/mol. The zero-order valence-corrected chi connectivity index (χ0v) is 21.8. The third kappa shape index (κ3) is 5.04. The molecule has 0 heterocycles. The smallest absolute Gasteiger partial charge is 0.344 e. The Morgan fingerprint density at radius 2 is 1.03 bits per heavy atom. The molecular weight excluding hydrogens is 495 g/mol. The van der Waals surface area contributed by atoms with Crippen LogP contribution in [0, 0.1) is 0 Å². The number of hydrogen-bond donors (Lipinski definition) is 1. The number of esters is 1. The minimum Gasteiger partial charge on any atom is -0.870 e. The highest BCUT2D eigenvalue weighted by atomic mass is 31.2. The highest BCUT2D eigenvalue weighted by molar-refractivity contribution is 7.99. The quantitative estimate of drug-likeness (QED) is 0.231. The first kappa shape index (κ1) is 27.0. The van der Waals surface area contributed by atoms with Crippen LogP contribution in [-0.2, 0) is 4.74 Å². The standard InChI is InChI=1S/C32H27O4P.H2O/c33-31(34)27-20-10-11-21-28(27)32(35)36-29-22-12-13-23-30(29)37(24-14-4-1-5-15-24,25-16-6-2-7-17-25)26-18-8-3-9-19-26;/h1-11,14-21H,12-13,22-23H2;1H2. The summed E-state index contributed by atoms with van der Waals surface area (Å²) in [6, 6.07) is 37.7. The summed E-state index contributed by atoms with van der Waals surface area (Å²) in [5, 5.41) is 14.4. The van der Waals surface area contributed by atoms with E-state index in [0.29, 0.717) is 12.2 Å². The van der Waals surface area contributed by atoms with Crippen LogP contribution in [0.4, 0.5) is 0 Å². The van der Waals surface area contributed by atoms with Crippen LogP contribution in [0.25, 0.3) is 0 Å². The maximum absolute atomic E-state index is 13.4. The minimum atomic E-state index is -2.38. The molecule has 1 aliphatic rings. The van der Waals surface area contributed by atoms with Crippen molar-refractivity contribution in [3.8, 4) is 0 Å². The topological polar surface area (TPSA) is 93.6 Å². The van der Waals surface area contributed by atoms with Gasteiger partial charge in [0.05, 0.1) is 11.1 Å². The number of carbonyl (C=O) groups excluding carboxylic acids is 1. The van der Waals surface area contributed by atoms with Crippen LogP contribution in [0.3, 0.4) is 0 Å². The van der Waals surface area contributed by atoms with Crippen LogP contribution >= 0.6 is 7.26 Å². The molecule has 38 heavy (non-hydrogen) atoms. The Morgan fingerprint density at radius 1 is 0.605 bits per heavy atom. The van der Waals surface area contributed by atoms with E-state index in [-0.39, 0.29) is 16.6 Å². The second-order valence-electron chi connectivity index (χ2n) is 8.99. The average Bonchev–Trinajstić information content (AvgIpc) is 2.96. The van der Waals surface area contributed by atoms with E-state index in [9.17, 15) is 14.7 Å². The molecule has 0 aromatic heterocycles. The number of carbonyl (C=O) groups is 2. The van der Waals surface area contributed by atoms with Crippen molar-refractivity contribution in [1.82, 2.24) is 0 Å². The van der Waals surface area contributed by atoms with Crippen molar-refractivity contribution in [3.63, 3.8) is 0 Å². The molecule has 0 unspecified atom stereocenters. The first-order valence-electron chi connectivity index (χ1n) is 12.5. The van der Waals surface area contributed by atoms with E-state index in [1.165, 1.54) is 28.0 Å². The first-order valence-corrected chi connectivity index (χ1v) is 14.2. The molecule has 4 aromatic carbocycles. The van der Waals surface area contributed by atoms with Gasteiger partial charge in [0, 0.05) is 12.8 Å². The Hall–Kier alpha value is -4.05. The van der Waals surface area contributed by atoms with Crippen LogP contribution in [0.1, 0.15) is 46.4 Å². The van der Waals surface area contributed by atoms with Gasteiger partial charge in [-0.15, -0.1) is 0 Å². The van der Waals surface area contributed by atoms with E-state index in [2.05, 4.69) is 72.8 Å². The van der Waals surface area contributed by atoms with Crippen LogP contribution in [0.2, 0.25) is 0 Å². The van der Waals surface area contributed by atoms with Crippen molar-refractivity contribution in [1.29, 1.82) is 0 Å². The van der Waals surface area contributed by atoms with E-state index in [1.54, 1.807) is 12.1 Å². The summed E-state index contributed by atoms with van der Waals surface area (Å²) < 4.78 is 6.16. The number of carboxylic acids is 1. The van der Waals surface area contributed by atoms with E-state index in [1.807, 2.05) is 18.2 Å². The van der Waals surface area contributed by atoms with Gasteiger partial charge in [-0.25, -0.2) is 9.59 Å². The molecule has 0 aliphatic heterocycles. The minimum absolute atomic E-state index is 0. The second kappa shape index (κ2) is 12.0. The Balaban J connectivity index is 0.00000336. The fraction of sp³-hybridized carbons (Fsp3) is 0.125. The molecule has 2 N–H and O–H groups in total. The fourth-order valence-electron chi connectivity index (χ4n) is 5.21. The lowest BCUT2D eigenvalue weighted by molar-refractivity contribution is 0.0587. The average molecular weight is 525 g/mol. The van der Waals surface area contributed by atoms with Gasteiger partial charge in [0.15, 0.2) is 0 Å². The van der Waals surface area contributed by atoms with Crippen LogP contribution < -0.4 is 15.9 Å². The summed E-state index contributed by atoms with van der Waals surface area (Å²) in [6.45, 7) is 0. The Morgan fingerprint density at radius 3 is 1.50 bits per heavy atom. The molecule has 0 bridgehead atoms. The lowest BCUT2D eigenvalue weighted by Crippen LogP contribution is -2.34. The summed E-state index contributed by atoms with van der Waals surface area (Å²) in [4.78, 5) is 25.2. The molecule has 5 nitrogen and oxygen atoms in total. The van der Waals surface area contributed by atoms with Gasteiger partial charge in [-0.3, -0.25) is 0 Å². The number of allylic oxidation sites excluding steroid dienone is 2. The summed E-state index contributed by atoms with van der Waals surface area (Å²) in [5.41, 5.74) is 0.0104. The maximum Gasteiger partial charge on any atom is 0.344 e. The van der Waals surface area contributed by atoms with Gasteiger partial charge in [0.25, 0.3) is 0 Å². The van der Waals surface area contributed by atoms with E-state index < -0.39 is 19.2 Å². The number of benzene rings is 4. The molecule has 5 rings (SSSR count). The number of rotatable bonds is 7. The molecule has 4 aromatic rings. The summed E-state index contributed by atoms with van der Waals surface area (Å²) in [7, 11) is -2.38. The lowest BCUT2D eigenvalue weighted by Gasteiger charge is -2.32. The van der Waals surface area contributed by atoms with E-state index >= 15 is 0 Å². The van der Waals surface area contributed by atoms with Gasteiger partial charge in [0.1, 0.15) is 34.2 Å². The highest BCUT2D eigenvalue weighted by Crippen LogP contribution is 2.66. The predicted octanol–water partition coefficient (Wildman–Crippen LogP) is 6.14. The summed E-state index contributed by atoms with van der Waals surface area (Å²) >= 11 is 0. The summed E-state index contributed by atoms with van der Waals surface area (Å²) in [5.74, 6) is -1.11. The van der Waals surface area contributed by atoms with Crippen LogP contribution in [0.15, 0.2) is 126 Å². The van der Waals surface area contributed by atoms with Crippen molar-refractivity contribution < 1.29 is 24.9 Å². The van der Waals surface area contributed by atoms with Crippen molar-refractivity contribution in [3.05, 3.63) is 137 Å². The molecule has 0 spiro atoms. The highest BCUT2D eigenvalue weighted by Gasteiger charge is 2.51. The third-order valence-electron chi connectivity index (χ3n) is 6.82. The van der Waals surface area contributed by atoms with E-state index in [4.69, 9.17) is 4.74 Å². The molecule has 0 amide bonds. The Labute approximate surface area is 223 Å². The van der Waals surface area contributed by atoms with Crippen LogP contribution in [-0.4, -0.2) is 22.5 Å². The normalized spacial score (nSPS) is 13.4. The predicted molar refractivity (Wildman–Crippen MR) is 151 cm³/mol. The maximum atomic E-state index is 13.4. The first-order chi connectivity index (χ1) is 18.1.